The quantitative estimate of drug-likeness (QED) is 0.658. The zero-order chi connectivity index (χ0) is 10.5. The third-order valence-corrected chi connectivity index (χ3v) is 5.01. The normalized spacial score (nSPS) is 23.4. The predicted molar refractivity (Wildman–Crippen MR) is 55.9 cm³/mol. The zero-order valence-corrected chi connectivity index (χ0v) is 9.06. The summed E-state index contributed by atoms with van der Waals surface area (Å²) in [5, 5.41) is -0.307. The fourth-order valence-corrected chi connectivity index (χ4v) is 3.46. The molecule has 0 bridgehead atoms. The molecule has 1 unspecified atom stereocenters. The molecule has 76 valence electrons. The first-order valence-corrected chi connectivity index (χ1v) is 6.10. The van der Waals surface area contributed by atoms with Crippen LogP contribution in [-0.2, 0) is 16.3 Å². The summed E-state index contributed by atoms with van der Waals surface area (Å²) in [5.41, 5.74) is 8.11. The molecule has 0 saturated carbocycles. The molecule has 1 aliphatic heterocycles. The molecule has 0 radical (unpaired) electrons. The van der Waals surface area contributed by atoms with Gasteiger partial charge in [0.1, 0.15) is 0 Å². The van der Waals surface area contributed by atoms with Crippen molar-refractivity contribution >= 4 is 15.5 Å². The summed E-state index contributed by atoms with van der Waals surface area (Å²) in [6, 6.07) is 3.47. The van der Waals surface area contributed by atoms with Crippen molar-refractivity contribution in [3.63, 3.8) is 0 Å². The Morgan fingerprint density at radius 3 is 2.71 bits per heavy atom. The Morgan fingerprint density at radius 1 is 1.43 bits per heavy atom. The molecule has 1 atom stereocenters. The second kappa shape index (κ2) is 2.73. The molecule has 1 aromatic carbocycles. The number of hydrogen-bond acceptors (Lipinski definition) is 3. The number of aryl methyl sites for hydroxylation is 1. The fraction of sp³-hybridized carbons (Fsp3) is 0.400. The van der Waals surface area contributed by atoms with Gasteiger partial charge in [0, 0.05) is 5.69 Å². The SMILES string of the molecule is Cc1cc2c(cc1N)S(=O)(=O)C(C)C2. The van der Waals surface area contributed by atoms with Crippen LogP contribution < -0.4 is 5.73 Å². The number of nitrogen functional groups attached to an aromatic ring is 1. The van der Waals surface area contributed by atoms with Crippen LogP contribution in [0.3, 0.4) is 0 Å². The summed E-state index contributed by atoms with van der Waals surface area (Å²) in [5.74, 6) is 0. The van der Waals surface area contributed by atoms with Crippen LogP contribution in [-0.4, -0.2) is 13.7 Å². The van der Waals surface area contributed by atoms with E-state index >= 15 is 0 Å². The molecule has 0 spiro atoms. The molecule has 3 nitrogen and oxygen atoms in total. The number of sulfone groups is 1. The van der Waals surface area contributed by atoms with Crippen LogP contribution in [0.5, 0.6) is 0 Å². The van der Waals surface area contributed by atoms with Gasteiger partial charge in [-0.25, -0.2) is 8.42 Å². The van der Waals surface area contributed by atoms with Crippen LogP contribution in [0.2, 0.25) is 0 Å². The Morgan fingerprint density at radius 2 is 2.07 bits per heavy atom. The molecule has 0 saturated heterocycles. The Kier molecular flexibility index (Phi) is 1.86. The van der Waals surface area contributed by atoms with Crippen LogP contribution in [0.4, 0.5) is 5.69 Å². The van der Waals surface area contributed by atoms with Crippen LogP contribution in [0.1, 0.15) is 18.1 Å². The highest BCUT2D eigenvalue weighted by Gasteiger charge is 2.33. The molecule has 4 heteroatoms. The standard InChI is InChI=1S/C10H13NO2S/c1-6-3-8-4-7(2)14(12,13)10(8)5-9(6)11/h3,5,7H,4,11H2,1-2H3. The van der Waals surface area contributed by atoms with Gasteiger partial charge in [-0.05, 0) is 37.5 Å². The maximum Gasteiger partial charge on any atom is 0.181 e. The van der Waals surface area contributed by atoms with Crippen molar-refractivity contribution in [3.8, 4) is 0 Å². The number of fused-ring (bicyclic) bond motifs is 1. The van der Waals surface area contributed by atoms with Gasteiger partial charge in [0.25, 0.3) is 0 Å². The van der Waals surface area contributed by atoms with Crippen LogP contribution in [0.15, 0.2) is 17.0 Å². The van der Waals surface area contributed by atoms with Crippen molar-refractivity contribution in [1.82, 2.24) is 0 Å². The average molecular weight is 211 g/mol. The maximum absolute atomic E-state index is 11.8. The monoisotopic (exact) mass is 211 g/mol. The highest BCUT2D eigenvalue weighted by molar-refractivity contribution is 7.92. The Labute approximate surface area is 83.9 Å². The first-order valence-electron chi connectivity index (χ1n) is 4.56. The number of benzene rings is 1. The smallest absolute Gasteiger partial charge is 0.181 e. The largest absolute Gasteiger partial charge is 0.398 e. The van der Waals surface area contributed by atoms with Crippen molar-refractivity contribution in [2.45, 2.75) is 30.4 Å². The molecule has 1 aliphatic rings. The highest BCUT2D eigenvalue weighted by atomic mass is 32.2. The molecule has 2 rings (SSSR count). The van der Waals surface area contributed by atoms with Gasteiger partial charge in [0.15, 0.2) is 9.84 Å². The summed E-state index contributed by atoms with van der Waals surface area (Å²) in [7, 11) is -3.10. The van der Waals surface area contributed by atoms with Gasteiger partial charge in [-0.3, -0.25) is 0 Å². The van der Waals surface area contributed by atoms with Gasteiger partial charge in [-0.2, -0.15) is 0 Å². The van der Waals surface area contributed by atoms with E-state index in [2.05, 4.69) is 0 Å². The lowest BCUT2D eigenvalue weighted by atomic mass is 10.1. The summed E-state index contributed by atoms with van der Waals surface area (Å²) in [6.45, 7) is 3.63. The third-order valence-electron chi connectivity index (χ3n) is 2.79. The lowest BCUT2D eigenvalue weighted by Gasteiger charge is -2.03. The van der Waals surface area contributed by atoms with Gasteiger partial charge in [-0.1, -0.05) is 6.07 Å². The fourth-order valence-electron chi connectivity index (χ4n) is 1.82. The number of hydrogen-bond donors (Lipinski definition) is 1. The topological polar surface area (TPSA) is 60.2 Å². The second-order valence-corrected chi connectivity index (χ2v) is 6.21. The van der Waals surface area contributed by atoms with E-state index in [1.165, 1.54) is 0 Å². The minimum atomic E-state index is -3.10. The summed E-state index contributed by atoms with van der Waals surface area (Å²) in [6.07, 6.45) is 0.610. The zero-order valence-electron chi connectivity index (χ0n) is 8.24. The first kappa shape index (κ1) is 9.52. The first-order chi connectivity index (χ1) is 6.43. The Hall–Kier alpha value is -1.03. The van der Waals surface area contributed by atoms with Crippen LogP contribution >= 0.6 is 0 Å². The average Bonchev–Trinajstić information content (AvgIpc) is 2.28. The molecule has 2 N–H and O–H groups in total. The van der Waals surface area contributed by atoms with E-state index < -0.39 is 9.84 Å². The second-order valence-electron chi connectivity index (χ2n) is 3.88. The lowest BCUT2D eigenvalue weighted by Crippen LogP contribution is -2.11. The number of rotatable bonds is 0. The molecule has 0 aliphatic carbocycles. The summed E-state index contributed by atoms with van der Waals surface area (Å²) >= 11 is 0. The van der Waals surface area contributed by atoms with Gasteiger partial charge in [-0.15, -0.1) is 0 Å². The Balaban J connectivity index is 2.73. The molecule has 1 heterocycles. The molecule has 0 amide bonds. The van der Waals surface area contributed by atoms with Crippen molar-refractivity contribution in [3.05, 3.63) is 23.3 Å². The number of anilines is 1. The molecule has 1 aromatic rings. The Bertz CT molecular complexity index is 491. The van der Waals surface area contributed by atoms with Gasteiger partial charge in [0.05, 0.1) is 10.1 Å². The van der Waals surface area contributed by atoms with Crippen LogP contribution in [0, 0.1) is 6.92 Å². The molecular weight excluding hydrogens is 198 g/mol. The number of nitrogens with two attached hydrogens (primary N) is 1. The minimum Gasteiger partial charge on any atom is -0.398 e. The lowest BCUT2D eigenvalue weighted by molar-refractivity contribution is 0.590. The molecule has 0 fully saturated rings. The summed E-state index contributed by atoms with van der Waals surface area (Å²) in [4.78, 5) is 0.424. The minimum absolute atomic E-state index is 0.307. The van der Waals surface area contributed by atoms with Crippen molar-refractivity contribution < 1.29 is 8.42 Å². The third kappa shape index (κ3) is 1.14. The molecular formula is C10H13NO2S. The van der Waals surface area contributed by atoms with Crippen molar-refractivity contribution in [1.29, 1.82) is 0 Å². The molecule has 14 heavy (non-hydrogen) atoms. The molecule has 0 aromatic heterocycles. The van der Waals surface area contributed by atoms with E-state index in [0.29, 0.717) is 17.0 Å². The van der Waals surface area contributed by atoms with Gasteiger partial charge in [0.2, 0.25) is 0 Å². The van der Waals surface area contributed by atoms with E-state index in [1.54, 1.807) is 13.0 Å². The highest BCUT2D eigenvalue weighted by Crippen LogP contribution is 2.33. The van der Waals surface area contributed by atoms with E-state index in [4.69, 9.17) is 5.73 Å². The maximum atomic E-state index is 11.8. The summed E-state index contributed by atoms with van der Waals surface area (Å²) < 4.78 is 23.6. The van der Waals surface area contributed by atoms with Gasteiger partial charge >= 0.3 is 0 Å². The van der Waals surface area contributed by atoms with Crippen molar-refractivity contribution in [2.24, 2.45) is 0 Å². The predicted octanol–water partition coefficient (Wildman–Crippen LogP) is 1.30. The van der Waals surface area contributed by atoms with E-state index in [9.17, 15) is 8.42 Å². The van der Waals surface area contributed by atoms with E-state index in [0.717, 1.165) is 11.1 Å². The van der Waals surface area contributed by atoms with Gasteiger partial charge < -0.3 is 5.73 Å². The van der Waals surface area contributed by atoms with Crippen LogP contribution in [0.25, 0.3) is 0 Å². The van der Waals surface area contributed by atoms with E-state index in [1.807, 2.05) is 13.0 Å². The van der Waals surface area contributed by atoms with Crippen molar-refractivity contribution in [2.75, 3.05) is 5.73 Å². The van der Waals surface area contributed by atoms with E-state index in [-0.39, 0.29) is 5.25 Å².